The van der Waals surface area contributed by atoms with Crippen molar-refractivity contribution in [2.75, 3.05) is 5.32 Å². The van der Waals surface area contributed by atoms with Crippen LogP contribution in [0.2, 0.25) is 0 Å². The summed E-state index contributed by atoms with van der Waals surface area (Å²) in [6.07, 6.45) is 5.74. The normalized spacial score (nSPS) is 11.9. The van der Waals surface area contributed by atoms with Crippen LogP contribution in [0.15, 0.2) is 29.0 Å². The van der Waals surface area contributed by atoms with Gasteiger partial charge in [-0.1, -0.05) is 13.3 Å². The molecule has 0 radical (unpaired) electrons. The summed E-state index contributed by atoms with van der Waals surface area (Å²) in [6.45, 7) is 6.57. The van der Waals surface area contributed by atoms with Gasteiger partial charge in [-0.05, 0) is 32.4 Å². The molecule has 2 aromatic heterocycles. The highest BCUT2D eigenvalue weighted by atomic mass is 16.3. The van der Waals surface area contributed by atoms with E-state index in [0.29, 0.717) is 0 Å². The van der Waals surface area contributed by atoms with Gasteiger partial charge >= 0.3 is 0 Å². The summed E-state index contributed by atoms with van der Waals surface area (Å²) in [5.74, 6) is 0.907. The molecule has 0 spiro atoms. The number of nitrogens with one attached hydrogen (secondary N) is 1. The first-order valence-electron chi connectivity index (χ1n) is 5.73. The van der Waals surface area contributed by atoms with Crippen LogP contribution >= 0.6 is 0 Å². The molecule has 0 bridgehead atoms. The van der Waals surface area contributed by atoms with Gasteiger partial charge < -0.3 is 9.73 Å². The zero-order valence-electron chi connectivity index (χ0n) is 10.1. The van der Waals surface area contributed by atoms with E-state index in [0.717, 1.165) is 29.6 Å². The van der Waals surface area contributed by atoms with Crippen LogP contribution in [0.1, 0.15) is 33.6 Å². The maximum absolute atomic E-state index is 5.35. The van der Waals surface area contributed by atoms with Gasteiger partial charge in [-0.2, -0.15) is 0 Å². The molecule has 2 heterocycles. The summed E-state index contributed by atoms with van der Waals surface area (Å²) in [4.78, 5) is 4.38. The van der Waals surface area contributed by atoms with Crippen molar-refractivity contribution in [3.63, 3.8) is 0 Å². The SMILES string of the molecule is CCCC(C)(C)Nc1nccc2occc12. The van der Waals surface area contributed by atoms with E-state index in [4.69, 9.17) is 4.42 Å². The Labute approximate surface area is 95.9 Å². The molecule has 0 atom stereocenters. The lowest BCUT2D eigenvalue weighted by Crippen LogP contribution is -2.30. The van der Waals surface area contributed by atoms with Crippen LogP contribution in [0.5, 0.6) is 0 Å². The molecule has 0 saturated heterocycles. The van der Waals surface area contributed by atoms with E-state index in [-0.39, 0.29) is 5.54 Å². The first kappa shape index (κ1) is 11.0. The number of hydrogen-bond donors (Lipinski definition) is 1. The topological polar surface area (TPSA) is 38.1 Å². The fraction of sp³-hybridized carbons (Fsp3) is 0.462. The van der Waals surface area contributed by atoms with Crippen molar-refractivity contribution >= 4 is 16.8 Å². The number of nitrogens with zero attached hydrogens (tertiary/aromatic N) is 1. The van der Waals surface area contributed by atoms with Crippen molar-refractivity contribution in [3.05, 3.63) is 24.6 Å². The Kier molecular flexibility index (Phi) is 2.86. The van der Waals surface area contributed by atoms with E-state index in [1.54, 1.807) is 12.5 Å². The van der Waals surface area contributed by atoms with Crippen molar-refractivity contribution in [3.8, 4) is 0 Å². The van der Waals surface area contributed by atoms with Gasteiger partial charge in [0.1, 0.15) is 11.4 Å². The summed E-state index contributed by atoms with van der Waals surface area (Å²) in [7, 11) is 0. The van der Waals surface area contributed by atoms with Gasteiger partial charge in [0.25, 0.3) is 0 Å². The average molecular weight is 218 g/mol. The lowest BCUT2D eigenvalue weighted by atomic mass is 9.99. The van der Waals surface area contributed by atoms with Gasteiger partial charge in [0, 0.05) is 11.7 Å². The number of pyridine rings is 1. The molecule has 0 unspecified atom stereocenters. The number of rotatable bonds is 4. The van der Waals surface area contributed by atoms with Gasteiger partial charge in [0.05, 0.1) is 11.6 Å². The van der Waals surface area contributed by atoms with E-state index in [2.05, 4.69) is 31.1 Å². The molecule has 0 aromatic carbocycles. The van der Waals surface area contributed by atoms with Crippen molar-refractivity contribution < 1.29 is 4.42 Å². The Morgan fingerprint density at radius 3 is 2.94 bits per heavy atom. The molecule has 0 aliphatic heterocycles. The summed E-state index contributed by atoms with van der Waals surface area (Å²) < 4.78 is 5.35. The second-order valence-corrected chi connectivity index (χ2v) is 4.75. The molecular weight excluding hydrogens is 200 g/mol. The quantitative estimate of drug-likeness (QED) is 0.847. The summed E-state index contributed by atoms with van der Waals surface area (Å²) in [5.41, 5.74) is 0.942. The summed E-state index contributed by atoms with van der Waals surface area (Å²) in [5, 5.41) is 4.53. The number of fused-ring (bicyclic) bond motifs is 1. The summed E-state index contributed by atoms with van der Waals surface area (Å²) >= 11 is 0. The van der Waals surface area contributed by atoms with Gasteiger partial charge in [-0.15, -0.1) is 0 Å². The summed E-state index contributed by atoms with van der Waals surface area (Å²) in [6, 6.07) is 3.83. The number of hydrogen-bond acceptors (Lipinski definition) is 3. The van der Waals surface area contributed by atoms with Gasteiger partial charge in [0.2, 0.25) is 0 Å². The highest BCUT2D eigenvalue weighted by Crippen LogP contribution is 2.25. The van der Waals surface area contributed by atoms with Crippen LogP contribution in [-0.4, -0.2) is 10.5 Å². The molecule has 2 aromatic rings. The predicted molar refractivity (Wildman–Crippen MR) is 66.6 cm³/mol. The molecule has 2 rings (SSSR count). The third-order valence-electron chi connectivity index (χ3n) is 2.71. The minimum atomic E-state index is 0.0628. The monoisotopic (exact) mass is 218 g/mol. The fourth-order valence-electron chi connectivity index (χ4n) is 2.00. The van der Waals surface area contributed by atoms with E-state index in [1.165, 1.54) is 0 Å². The van der Waals surface area contributed by atoms with Crippen LogP contribution in [0.25, 0.3) is 11.0 Å². The molecule has 1 N–H and O–H groups in total. The van der Waals surface area contributed by atoms with Crippen molar-refractivity contribution in [1.82, 2.24) is 4.98 Å². The van der Waals surface area contributed by atoms with Crippen LogP contribution in [0, 0.1) is 0 Å². The molecule has 0 saturated carbocycles. The number of anilines is 1. The highest BCUT2D eigenvalue weighted by Gasteiger charge is 2.18. The van der Waals surface area contributed by atoms with E-state index >= 15 is 0 Å². The molecular formula is C13H18N2O. The number of furan rings is 1. The zero-order valence-corrected chi connectivity index (χ0v) is 10.1. The maximum atomic E-state index is 5.35. The molecule has 0 amide bonds. The minimum absolute atomic E-state index is 0.0628. The van der Waals surface area contributed by atoms with Crippen molar-refractivity contribution in [1.29, 1.82) is 0 Å². The van der Waals surface area contributed by atoms with Gasteiger partial charge in [-0.25, -0.2) is 4.98 Å². The minimum Gasteiger partial charge on any atom is -0.464 e. The van der Waals surface area contributed by atoms with Crippen molar-refractivity contribution in [2.45, 2.75) is 39.2 Å². The molecule has 0 fully saturated rings. The standard InChI is InChI=1S/C13H18N2O/c1-4-7-13(2,3)15-12-10-6-9-16-11(10)5-8-14-12/h5-6,8-9H,4,7H2,1-3H3,(H,14,15). The first-order valence-corrected chi connectivity index (χ1v) is 5.73. The Bertz CT molecular complexity index is 473. The Morgan fingerprint density at radius 1 is 1.38 bits per heavy atom. The third-order valence-corrected chi connectivity index (χ3v) is 2.71. The van der Waals surface area contributed by atoms with Crippen LogP contribution in [-0.2, 0) is 0 Å². The first-order chi connectivity index (χ1) is 7.62. The molecule has 3 nitrogen and oxygen atoms in total. The second-order valence-electron chi connectivity index (χ2n) is 4.75. The third kappa shape index (κ3) is 2.18. The van der Waals surface area contributed by atoms with E-state index in [9.17, 15) is 0 Å². The van der Waals surface area contributed by atoms with Gasteiger partial charge in [-0.3, -0.25) is 0 Å². The largest absolute Gasteiger partial charge is 0.464 e. The molecule has 0 aliphatic carbocycles. The van der Waals surface area contributed by atoms with Crippen molar-refractivity contribution in [2.24, 2.45) is 0 Å². The van der Waals surface area contributed by atoms with Crippen LogP contribution < -0.4 is 5.32 Å². The smallest absolute Gasteiger partial charge is 0.139 e. The van der Waals surface area contributed by atoms with E-state index in [1.807, 2.05) is 12.1 Å². The number of aromatic nitrogens is 1. The maximum Gasteiger partial charge on any atom is 0.139 e. The zero-order chi connectivity index (χ0) is 11.6. The molecule has 3 heteroatoms. The Hall–Kier alpha value is -1.51. The Balaban J connectivity index is 2.30. The van der Waals surface area contributed by atoms with E-state index < -0.39 is 0 Å². The molecule has 0 aliphatic rings. The van der Waals surface area contributed by atoms with Gasteiger partial charge in [0.15, 0.2) is 0 Å². The fourth-order valence-corrected chi connectivity index (χ4v) is 2.00. The lowest BCUT2D eigenvalue weighted by Gasteiger charge is -2.26. The second kappa shape index (κ2) is 4.16. The lowest BCUT2D eigenvalue weighted by molar-refractivity contribution is 0.509. The van der Waals surface area contributed by atoms with Crippen LogP contribution in [0.3, 0.4) is 0 Å². The van der Waals surface area contributed by atoms with Crippen LogP contribution in [0.4, 0.5) is 5.82 Å². The molecule has 86 valence electrons. The average Bonchev–Trinajstić information content (AvgIpc) is 2.65. The molecule has 16 heavy (non-hydrogen) atoms. The Morgan fingerprint density at radius 2 is 2.19 bits per heavy atom. The highest BCUT2D eigenvalue weighted by molar-refractivity contribution is 5.88. The predicted octanol–water partition coefficient (Wildman–Crippen LogP) is 3.82.